The number of aryl methyl sites for hydroxylation is 1. The van der Waals surface area contributed by atoms with Crippen LogP contribution >= 0.6 is 12.4 Å². The fourth-order valence-electron chi connectivity index (χ4n) is 4.38. The molecule has 1 aliphatic heterocycles. The molecule has 4 rings (SSSR count). The molecule has 2 N–H and O–H groups in total. The lowest BCUT2D eigenvalue weighted by atomic mass is 9.78. The molecule has 0 radical (unpaired) electrons. The molecule has 1 aromatic heterocycles. The summed E-state index contributed by atoms with van der Waals surface area (Å²) in [5.41, 5.74) is 8.70. The summed E-state index contributed by atoms with van der Waals surface area (Å²) in [6.45, 7) is 5.45. The minimum Gasteiger partial charge on any atom is -0.461 e. The number of hydrogen-bond donors (Lipinski definition) is 1. The van der Waals surface area contributed by atoms with Crippen molar-refractivity contribution in [2.45, 2.75) is 38.8 Å². The van der Waals surface area contributed by atoms with Crippen LogP contribution < -0.4 is 5.73 Å². The zero-order valence-corrected chi connectivity index (χ0v) is 13.9. The lowest BCUT2D eigenvalue weighted by Crippen LogP contribution is -2.38. The van der Waals surface area contributed by atoms with Crippen LogP contribution in [0.1, 0.15) is 30.6 Å². The highest BCUT2D eigenvalue weighted by Gasteiger charge is 2.38. The van der Waals surface area contributed by atoms with Crippen LogP contribution in [0, 0.1) is 18.8 Å². The standard InChI is InChI=1S/C18H24N2O.ClH/c1-12-15(14-6-2-3-8-18(14)21-12)10-20-9-13-5-4-7-17(19)16(13)11-20;/h2-3,6,8,13,16-17H,4-5,7,9-11,19H2,1H3;1H. The van der Waals surface area contributed by atoms with Crippen molar-refractivity contribution < 1.29 is 4.42 Å². The average Bonchev–Trinajstić information content (AvgIpc) is 3.02. The molecule has 120 valence electrons. The highest BCUT2D eigenvalue weighted by atomic mass is 35.5. The minimum atomic E-state index is 0. The summed E-state index contributed by atoms with van der Waals surface area (Å²) in [6, 6.07) is 8.79. The molecule has 2 aliphatic rings. The van der Waals surface area contributed by atoms with Crippen LogP contribution in [-0.4, -0.2) is 24.0 Å². The third kappa shape index (κ3) is 2.66. The van der Waals surface area contributed by atoms with E-state index < -0.39 is 0 Å². The van der Waals surface area contributed by atoms with Gasteiger partial charge in [0.05, 0.1) is 0 Å². The number of nitrogens with zero attached hydrogens (tertiary/aromatic N) is 1. The lowest BCUT2D eigenvalue weighted by Gasteiger charge is -2.29. The van der Waals surface area contributed by atoms with E-state index in [-0.39, 0.29) is 12.4 Å². The van der Waals surface area contributed by atoms with Gasteiger partial charge in [0, 0.05) is 36.6 Å². The molecule has 4 heteroatoms. The molecule has 3 unspecified atom stereocenters. The van der Waals surface area contributed by atoms with Gasteiger partial charge in [0.1, 0.15) is 11.3 Å². The van der Waals surface area contributed by atoms with E-state index in [9.17, 15) is 0 Å². The Hall–Kier alpha value is -1.03. The predicted octanol–water partition coefficient (Wildman–Crippen LogP) is 3.72. The molecule has 2 fully saturated rings. The van der Waals surface area contributed by atoms with Gasteiger partial charge >= 0.3 is 0 Å². The number of furan rings is 1. The van der Waals surface area contributed by atoms with E-state index in [2.05, 4.69) is 30.0 Å². The fourth-order valence-corrected chi connectivity index (χ4v) is 4.38. The molecular weight excluding hydrogens is 296 g/mol. The van der Waals surface area contributed by atoms with Gasteiger partial charge in [-0.1, -0.05) is 24.6 Å². The molecule has 0 amide bonds. The third-order valence-corrected chi connectivity index (χ3v) is 5.51. The van der Waals surface area contributed by atoms with E-state index >= 15 is 0 Å². The van der Waals surface area contributed by atoms with Crippen molar-refractivity contribution in [3.05, 3.63) is 35.6 Å². The van der Waals surface area contributed by atoms with E-state index in [0.29, 0.717) is 12.0 Å². The van der Waals surface area contributed by atoms with Crippen molar-refractivity contribution in [2.75, 3.05) is 13.1 Å². The number of likely N-dealkylation sites (tertiary alicyclic amines) is 1. The van der Waals surface area contributed by atoms with Crippen LogP contribution in [0.5, 0.6) is 0 Å². The van der Waals surface area contributed by atoms with Crippen molar-refractivity contribution in [1.29, 1.82) is 0 Å². The normalized spacial score (nSPS) is 28.5. The Bertz CT molecular complexity index is 654. The van der Waals surface area contributed by atoms with E-state index in [1.54, 1.807) is 0 Å². The SMILES string of the molecule is Cc1oc2ccccc2c1CN1CC2CCCC(N)C2C1.Cl. The van der Waals surface area contributed by atoms with Crippen molar-refractivity contribution in [3.63, 3.8) is 0 Å². The number of hydrogen-bond acceptors (Lipinski definition) is 3. The molecule has 2 heterocycles. The van der Waals surface area contributed by atoms with E-state index in [1.807, 2.05) is 6.07 Å². The summed E-state index contributed by atoms with van der Waals surface area (Å²) in [5.74, 6) is 2.58. The summed E-state index contributed by atoms with van der Waals surface area (Å²) in [6.07, 6.45) is 3.88. The maximum Gasteiger partial charge on any atom is 0.134 e. The van der Waals surface area contributed by atoms with Gasteiger partial charge in [-0.25, -0.2) is 0 Å². The smallest absolute Gasteiger partial charge is 0.134 e. The molecule has 0 spiro atoms. The molecule has 1 saturated heterocycles. The average molecular weight is 321 g/mol. The van der Waals surface area contributed by atoms with Gasteiger partial charge in [-0.2, -0.15) is 0 Å². The van der Waals surface area contributed by atoms with Gasteiger partial charge in [0.25, 0.3) is 0 Å². The number of benzene rings is 1. The van der Waals surface area contributed by atoms with Gasteiger partial charge in [0.2, 0.25) is 0 Å². The summed E-state index contributed by atoms with van der Waals surface area (Å²) < 4.78 is 5.90. The first-order valence-corrected chi connectivity index (χ1v) is 8.17. The maximum atomic E-state index is 6.33. The van der Waals surface area contributed by atoms with Crippen LogP contribution in [0.25, 0.3) is 11.0 Å². The van der Waals surface area contributed by atoms with E-state index in [1.165, 1.54) is 36.8 Å². The van der Waals surface area contributed by atoms with Crippen LogP contribution in [0.4, 0.5) is 0 Å². The van der Waals surface area contributed by atoms with Crippen molar-refractivity contribution >= 4 is 23.4 Å². The number of para-hydroxylation sites is 1. The lowest BCUT2D eigenvalue weighted by molar-refractivity contribution is 0.259. The second-order valence-electron chi connectivity index (χ2n) is 6.85. The molecule has 22 heavy (non-hydrogen) atoms. The summed E-state index contributed by atoms with van der Waals surface area (Å²) in [4.78, 5) is 2.59. The van der Waals surface area contributed by atoms with Gasteiger partial charge in [0.15, 0.2) is 0 Å². The first kappa shape index (κ1) is 15.9. The van der Waals surface area contributed by atoms with Crippen molar-refractivity contribution in [3.8, 4) is 0 Å². The first-order valence-electron chi connectivity index (χ1n) is 8.17. The van der Waals surface area contributed by atoms with Crippen molar-refractivity contribution in [2.24, 2.45) is 17.6 Å². The zero-order chi connectivity index (χ0) is 14.4. The maximum absolute atomic E-state index is 6.33. The molecule has 0 bridgehead atoms. The second kappa shape index (κ2) is 6.23. The van der Waals surface area contributed by atoms with Gasteiger partial charge in [-0.05, 0) is 37.7 Å². The molecule has 2 aromatic rings. The Morgan fingerprint density at radius 3 is 2.86 bits per heavy atom. The minimum absolute atomic E-state index is 0. The number of halogens is 1. The molecule has 1 aromatic carbocycles. The van der Waals surface area contributed by atoms with Gasteiger partial charge < -0.3 is 10.2 Å². The monoisotopic (exact) mass is 320 g/mol. The molecule has 3 atom stereocenters. The number of nitrogens with two attached hydrogens (primary N) is 1. The Morgan fingerprint density at radius 2 is 2.05 bits per heavy atom. The van der Waals surface area contributed by atoms with E-state index in [4.69, 9.17) is 10.2 Å². The quantitative estimate of drug-likeness (QED) is 0.917. The topological polar surface area (TPSA) is 42.4 Å². The summed E-state index contributed by atoms with van der Waals surface area (Å²) >= 11 is 0. The summed E-state index contributed by atoms with van der Waals surface area (Å²) in [5, 5.41) is 1.27. The zero-order valence-electron chi connectivity index (χ0n) is 13.1. The number of rotatable bonds is 2. The van der Waals surface area contributed by atoms with Gasteiger partial charge in [-0.3, -0.25) is 4.90 Å². The largest absolute Gasteiger partial charge is 0.461 e. The van der Waals surface area contributed by atoms with Crippen molar-refractivity contribution in [1.82, 2.24) is 4.90 Å². The molecule has 3 nitrogen and oxygen atoms in total. The first-order chi connectivity index (χ1) is 10.2. The Morgan fingerprint density at radius 1 is 1.23 bits per heavy atom. The van der Waals surface area contributed by atoms with Gasteiger partial charge in [-0.15, -0.1) is 12.4 Å². The molecule has 1 saturated carbocycles. The van der Waals surface area contributed by atoms with E-state index in [0.717, 1.165) is 30.4 Å². The fraction of sp³-hybridized carbons (Fsp3) is 0.556. The Kier molecular flexibility index (Phi) is 4.49. The Balaban J connectivity index is 0.00000144. The van der Waals surface area contributed by atoms with Crippen LogP contribution in [0.3, 0.4) is 0 Å². The van der Waals surface area contributed by atoms with Crippen LogP contribution in [-0.2, 0) is 6.54 Å². The van der Waals surface area contributed by atoms with Crippen LogP contribution in [0.2, 0.25) is 0 Å². The number of fused-ring (bicyclic) bond motifs is 2. The molecular formula is C18H25ClN2O. The Labute approximate surface area is 138 Å². The highest BCUT2D eigenvalue weighted by Crippen LogP contribution is 2.37. The summed E-state index contributed by atoms with van der Waals surface area (Å²) in [7, 11) is 0. The van der Waals surface area contributed by atoms with Crippen LogP contribution in [0.15, 0.2) is 28.7 Å². The second-order valence-corrected chi connectivity index (χ2v) is 6.85. The highest BCUT2D eigenvalue weighted by molar-refractivity contribution is 5.85. The molecule has 1 aliphatic carbocycles. The predicted molar refractivity (Wildman–Crippen MR) is 92.3 cm³/mol. The third-order valence-electron chi connectivity index (χ3n) is 5.51.